The fourth-order valence-corrected chi connectivity index (χ4v) is 3.52. The average molecular weight is 331 g/mol. The van der Waals surface area contributed by atoms with E-state index in [2.05, 4.69) is 0 Å². The van der Waals surface area contributed by atoms with E-state index in [9.17, 15) is 9.59 Å². The molecule has 3 atom stereocenters. The van der Waals surface area contributed by atoms with Crippen LogP contribution in [-0.2, 0) is 19.2 Å². The maximum Gasteiger partial charge on any atom is 0.326 e. The summed E-state index contributed by atoms with van der Waals surface area (Å²) in [4.78, 5) is 31.2. The van der Waals surface area contributed by atoms with Gasteiger partial charge in [0.15, 0.2) is 5.12 Å². The van der Waals surface area contributed by atoms with Gasteiger partial charge in [-0.15, -0.1) is 0 Å². The molecule has 0 aliphatic carbocycles. The van der Waals surface area contributed by atoms with E-state index in [-0.39, 0.29) is 17.8 Å². The average Bonchev–Trinajstić information content (AvgIpc) is 2.70. The van der Waals surface area contributed by atoms with Gasteiger partial charge in [0, 0.05) is 11.3 Å². The maximum atomic E-state index is 12.8. The molecule has 6 heteroatoms. The van der Waals surface area contributed by atoms with Crippen LogP contribution in [0.15, 0.2) is 0 Å². The summed E-state index contributed by atoms with van der Waals surface area (Å²) in [6.45, 7) is 13.6. The van der Waals surface area contributed by atoms with Crippen molar-refractivity contribution in [3.05, 3.63) is 0 Å². The number of thioether (sulfide) groups is 1. The zero-order valence-electron chi connectivity index (χ0n) is 14.8. The third-order valence-electron chi connectivity index (χ3n) is 3.97. The van der Waals surface area contributed by atoms with Gasteiger partial charge in [-0.05, 0) is 48.0 Å². The molecule has 0 N–H and O–H groups in total. The third-order valence-corrected chi connectivity index (χ3v) is 5.28. The van der Waals surface area contributed by atoms with Crippen molar-refractivity contribution in [2.75, 3.05) is 12.4 Å². The van der Waals surface area contributed by atoms with Crippen LogP contribution in [-0.4, -0.2) is 46.2 Å². The van der Waals surface area contributed by atoms with Crippen molar-refractivity contribution < 1.29 is 19.2 Å². The highest BCUT2D eigenvalue weighted by Crippen LogP contribution is 2.46. The van der Waals surface area contributed by atoms with E-state index in [1.165, 1.54) is 11.8 Å². The summed E-state index contributed by atoms with van der Waals surface area (Å²) in [7, 11) is 0. The molecule has 0 amide bonds. The smallest absolute Gasteiger partial charge is 0.326 e. The first kappa shape index (κ1) is 19.5. The van der Waals surface area contributed by atoms with Crippen LogP contribution in [0.5, 0.6) is 0 Å². The zero-order valence-corrected chi connectivity index (χ0v) is 15.6. The van der Waals surface area contributed by atoms with Gasteiger partial charge in [0.1, 0.15) is 6.04 Å². The Labute approximate surface area is 138 Å². The minimum atomic E-state index is -0.917. The molecule has 5 nitrogen and oxygen atoms in total. The normalized spacial score (nSPS) is 29.6. The number of carbonyl (C=O) groups is 2. The number of ether oxygens (including phenoxy) is 1. The molecule has 1 rings (SSSR count). The standard InChI is InChI=1S/C16H29NO4S/c1-8-10-22-14(19)16(7)11(3)21-17(15(4,5)6)12(16)13(18)20-9-2/h11-12H,8-10H2,1-7H3/t11-,12+,16-/m0/s1. The summed E-state index contributed by atoms with van der Waals surface area (Å²) in [6.07, 6.45) is 0.535. The van der Waals surface area contributed by atoms with Gasteiger partial charge in [0.2, 0.25) is 0 Å². The lowest BCUT2D eigenvalue weighted by Crippen LogP contribution is -2.54. The molecule has 1 aliphatic rings. The summed E-state index contributed by atoms with van der Waals surface area (Å²) in [6, 6.07) is -0.723. The number of esters is 1. The fourth-order valence-electron chi connectivity index (χ4n) is 2.54. The van der Waals surface area contributed by atoms with Crippen LogP contribution in [0.4, 0.5) is 0 Å². The van der Waals surface area contributed by atoms with Crippen LogP contribution in [0.1, 0.15) is 54.9 Å². The summed E-state index contributed by atoms with van der Waals surface area (Å²) in [5, 5.41) is 1.63. The lowest BCUT2D eigenvalue weighted by Gasteiger charge is -2.36. The second kappa shape index (κ2) is 7.32. The summed E-state index contributed by atoms with van der Waals surface area (Å²) in [5.41, 5.74) is -1.32. The second-order valence-electron chi connectivity index (χ2n) is 6.82. The van der Waals surface area contributed by atoms with E-state index in [1.54, 1.807) is 12.0 Å². The Hall–Kier alpha value is -0.590. The summed E-state index contributed by atoms with van der Waals surface area (Å²) >= 11 is 1.27. The van der Waals surface area contributed by atoms with Crippen LogP contribution in [0.25, 0.3) is 0 Å². The van der Waals surface area contributed by atoms with Crippen molar-refractivity contribution in [1.29, 1.82) is 0 Å². The molecule has 0 aromatic carbocycles. The molecule has 0 aromatic rings. The molecule has 0 unspecified atom stereocenters. The molecule has 0 bridgehead atoms. The largest absolute Gasteiger partial charge is 0.465 e. The number of hydrogen-bond acceptors (Lipinski definition) is 6. The molecule has 128 valence electrons. The molecule has 0 spiro atoms. The van der Waals surface area contributed by atoms with Crippen molar-refractivity contribution in [3.8, 4) is 0 Å². The van der Waals surface area contributed by atoms with E-state index < -0.39 is 23.0 Å². The first-order valence-electron chi connectivity index (χ1n) is 7.90. The highest BCUT2D eigenvalue weighted by atomic mass is 32.2. The number of rotatable bonds is 5. The van der Waals surface area contributed by atoms with Gasteiger partial charge in [-0.1, -0.05) is 18.7 Å². The lowest BCUT2D eigenvalue weighted by molar-refractivity contribution is -0.215. The minimum absolute atomic E-state index is 0.00773. The topological polar surface area (TPSA) is 55.8 Å². The molecule has 1 saturated heterocycles. The van der Waals surface area contributed by atoms with Crippen LogP contribution in [0.2, 0.25) is 0 Å². The predicted molar refractivity (Wildman–Crippen MR) is 88.4 cm³/mol. The van der Waals surface area contributed by atoms with E-state index >= 15 is 0 Å². The molecular formula is C16H29NO4S. The van der Waals surface area contributed by atoms with E-state index in [0.717, 1.165) is 12.2 Å². The highest BCUT2D eigenvalue weighted by molar-refractivity contribution is 8.13. The molecular weight excluding hydrogens is 302 g/mol. The van der Waals surface area contributed by atoms with Crippen LogP contribution >= 0.6 is 11.8 Å². The van der Waals surface area contributed by atoms with Gasteiger partial charge in [-0.2, -0.15) is 5.06 Å². The minimum Gasteiger partial charge on any atom is -0.465 e. The Kier molecular flexibility index (Phi) is 6.47. The quantitative estimate of drug-likeness (QED) is 0.722. The summed E-state index contributed by atoms with van der Waals surface area (Å²) in [5.74, 6) is 0.348. The molecule has 0 aromatic heterocycles. The lowest BCUT2D eigenvalue weighted by atomic mass is 9.79. The predicted octanol–water partition coefficient (Wildman–Crippen LogP) is 3.03. The maximum absolute atomic E-state index is 12.8. The zero-order chi connectivity index (χ0) is 17.1. The van der Waals surface area contributed by atoms with Gasteiger partial charge < -0.3 is 4.74 Å². The number of carbonyl (C=O) groups excluding carboxylic acids is 2. The Morgan fingerprint density at radius 1 is 1.32 bits per heavy atom. The molecule has 1 heterocycles. The van der Waals surface area contributed by atoms with E-state index in [4.69, 9.17) is 9.57 Å². The second-order valence-corrected chi connectivity index (χ2v) is 7.89. The summed E-state index contributed by atoms with van der Waals surface area (Å²) < 4.78 is 5.23. The molecule has 0 saturated carbocycles. The SMILES string of the molecule is CCCSC(=O)[C@@]1(C)[C@H](C)ON(C(C)(C)C)[C@@H]1C(=O)OCC. The Balaban J connectivity index is 3.21. The monoisotopic (exact) mass is 331 g/mol. The Morgan fingerprint density at radius 3 is 2.36 bits per heavy atom. The van der Waals surface area contributed by atoms with Crippen molar-refractivity contribution in [1.82, 2.24) is 5.06 Å². The van der Waals surface area contributed by atoms with Gasteiger partial charge in [-0.25, -0.2) is 0 Å². The first-order valence-corrected chi connectivity index (χ1v) is 8.89. The van der Waals surface area contributed by atoms with Crippen molar-refractivity contribution in [2.45, 2.75) is 72.6 Å². The number of hydroxylamine groups is 2. The van der Waals surface area contributed by atoms with Crippen LogP contribution < -0.4 is 0 Å². The molecule has 22 heavy (non-hydrogen) atoms. The van der Waals surface area contributed by atoms with Crippen molar-refractivity contribution in [3.63, 3.8) is 0 Å². The third kappa shape index (κ3) is 3.66. The van der Waals surface area contributed by atoms with E-state index in [1.807, 2.05) is 41.5 Å². The fraction of sp³-hybridized carbons (Fsp3) is 0.875. The van der Waals surface area contributed by atoms with Crippen LogP contribution in [0.3, 0.4) is 0 Å². The van der Waals surface area contributed by atoms with Gasteiger partial charge in [0.05, 0.1) is 18.1 Å². The number of hydrogen-bond donors (Lipinski definition) is 0. The highest BCUT2D eigenvalue weighted by Gasteiger charge is 2.61. The van der Waals surface area contributed by atoms with Gasteiger partial charge in [0.25, 0.3) is 0 Å². The van der Waals surface area contributed by atoms with Crippen LogP contribution in [0, 0.1) is 5.41 Å². The van der Waals surface area contributed by atoms with E-state index in [0.29, 0.717) is 0 Å². The number of nitrogens with zero attached hydrogens (tertiary/aromatic N) is 1. The van der Waals surface area contributed by atoms with Gasteiger partial charge in [-0.3, -0.25) is 14.4 Å². The Bertz CT molecular complexity index is 421. The molecule has 0 radical (unpaired) electrons. The molecule has 1 aliphatic heterocycles. The first-order chi connectivity index (χ1) is 10.1. The van der Waals surface area contributed by atoms with Gasteiger partial charge >= 0.3 is 5.97 Å². The van der Waals surface area contributed by atoms with Crippen molar-refractivity contribution >= 4 is 22.8 Å². The van der Waals surface area contributed by atoms with Crippen molar-refractivity contribution in [2.24, 2.45) is 5.41 Å². The molecule has 1 fully saturated rings. The Morgan fingerprint density at radius 2 is 1.91 bits per heavy atom.